The molecule has 0 atom stereocenters. The molecule has 24 heavy (non-hydrogen) atoms. The topological polar surface area (TPSA) is 51.1 Å². The molecule has 3 aromatic rings. The van der Waals surface area contributed by atoms with E-state index in [0.717, 1.165) is 47.0 Å². The summed E-state index contributed by atoms with van der Waals surface area (Å²) in [5.74, 6) is 0.369. The number of hydrogen-bond acceptors (Lipinski definition) is 6. The van der Waals surface area contributed by atoms with Crippen LogP contribution in [0.5, 0.6) is 5.88 Å². The zero-order valence-corrected chi connectivity index (χ0v) is 14.1. The molecule has 7 heteroatoms. The highest BCUT2D eigenvalue weighted by Crippen LogP contribution is 2.31. The van der Waals surface area contributed by atoms with E-state index in [1.54, 1.807) is 24.5 Å². The minimum Gasteiger partial charge on any atom is -0.473 e. The Kier molecular flexibility index (Phi) is 4.02. The second kappa shape index (κ2) is 6.32. The Morgan fingerprint density at radius 2 is 2.04 bits per heavy atom. The Labute approximate surface area is 143 Å². The van der Waals surface area contributed by atoms with Crippen LogP contribution in [0.3, 0.4) is 0 Å². The van der Waals surface area contributed by atoms with Crippen molar-refractivity contribution in [2.45, 2.75) is 25.9 Å². The van der Waals surface area contributed by atoms with Crippen LogP contribution >= 0.6 is 11.3 Å². The zero-order valence-electron chi connectivity index (χ0n) is 13.3. The highest BCUT2D eigenvalue weighted by Gasteiger charge is 2.23. The Morgan fingerprint density at radius 3 is 2.83 bits per heavy atom. The monoisotopic (exact) mass is 344 g/mol. The van der Waals surface area contributed by atoms with E-state index < -0.39 is 0 Å². The van der Waals surface area contributed by atoms with Gasteiger partial charge in [0.1, 0.15) is 11.9 Å². The van der Waals surface area contributed by atoms with Crippen LogP contribution < -0.4 is 9.64 Å². The second-order valence-electron chi connectivity index (χ2n) is 5.91. The first-order chi connectivity index (χ1) is 11.7. The molecule has 0 N–H and O–H groups in total. The van der Waals surface area contributed by atoms with Crippen molar-refractivity contribution in [3.8, 4) is 5.88 Å². The molecule has 1 aliphatic rings. The standard InChI is InChI=1S/C17H17FN4OS/c1-11-9-19-10-16(20-11)23-13-4-6-22(7-5-13)17-21-14-3-2-12(18)8-15(14)24-17/h2-3,8-10,13H,4-7H2,1H3. The first-order valence-electron chi connectivity index (χ1n) is 7.94. The number of ether oxygens (including phenoxy) is 1. The fourth-order valence-electron chi connectivity index (χ4n) is 2.85. The van der Waals surface area contributed by atoms with Gasteiger partial charge >= 0.3 is 0 Å². The Morgan fingerprint density at radius 1 is 1.21 bits per heavy atom. The molecule has 0 spiro atoms. The maximum Gasteiger partial charge on any atom is 0.232 e. The van der Waals surface area contributed by atoms with Gasteiger partial charge in [0.05, 0.1) is 22.1 Å². The SMILES string of the molecule is Cc1cncc(OC2CCN(c3nc4ccc(F)cc4s3)CC2)n1. The van der Waals surface area contributed by atoms with Gasteiger partial charge in [-0.1, -0.05) is 11.3 Å². The van der Waals surface area contributed by atoms with Gasteiger partial charge in [0, 0.05) is 32.1 Å². The van der Waals surface area contributed by atoms with Crippen LogP contribution in [0.1, 0.15) is 18.5 Å². The molecule has 4 rings (SSSR count). The summed E-state index contributed by atoms with van der Waals surface area (Å²) >= 11 is 1.54. The first-order valence-corrected chi connectivity index (χ1v) is 8.75. The summed E-state index contributed by atoms with van der Waals surface area (Å²) in [4.78, 5) is 15.3. The fraction of sp³-hybridized carbons (Fsp3) is 0.353. The molecule has 1 aliphatic heterocycles. The quantitative estimate of drug-likeness (QED) is 0.727. The van der Waals surface area contributed by atoms with Crippen LogP contribution in [0.2, 0.25) is 0 Å². The fourth-order valence-corrected chi connectivity index (χ4v) is 3.90. The maximum atomic E-state index is 13.3. The average molecular weight is 344 g/mol. The summed E-state index contributed by atoms with van der Waals surface area (Å²) in [5.41, 5.74) is 1.71. The average Bonchev–Trinajstić information content (AvgIpc) is 2.98. The van der Waals surface area contributed by atoms with Gasteiger partial charge in [0.25, 0.3) is 0 Å². The lowest BCUT2D eigenvalue weighted by Gasteiger charge is -2.31. The van der Waals surface area contributed by atoms with Crippen LogP contribution in [0.4, 0.5) is 9.52 Å². The normalized spacial score (nSPS) is 15.8. The number of rotatable bonds is 3. The van der Waals surface area contributed by atoms with Crippen molar-refractivity contribution in [1.82, 2.24) is 15.0 Å². The molecular formula is C17H17FN4OS. The van der Waals surface area contributed by atoms with Crippen LogP contribution in [0, 0.1) is 12.7 Å². The van der Waals surface area contributed by atoms with Crippen molar-refractivity contribution in [3.05, 3.63) is 42.1 Å². The predicted molar refractivity (Wildman–Crippen MR) is 92.2 cm³/mol. The summed E-state index contributed by atoms with van der Waals surface area (Å²) in [7, 11) is 0. The van der Waals surface area contributed by atoms with E-state index in [9.17, 15) is 4.39 Å². The van der Waals surface area contributed by atoms with Gasteiger partial charge in [-0.05, 0) is 25.1 Å². The smallest absolute Gasteiger partial charge is 0.232 e. The lowest BCUT2D eigenvalue weighted by Crippen LogP contribution is -2.38. The van der Waals surface area contributed by atoms with Gasteiger partial charge in [-0.15, -0.1) is 0 Å². The van der Waals surface area contributed by atoms with Crippen LogP contribution in [-0.2, 0) is 0 Å². The summed E-state index contributed by atoms with van der Waals surface area (Å²) in [6.07, 6.45) is 5.32. The maximum absolute atomic E-state index is 13.3. The van der Waals surface area contributed by atoms with E-state index in [-0.39, 0.29) is 11.9 Å². The van der Waals surface area contributed by atoms with Crippen molar-refractivity contribution in [2.24, 2.45) is 0 Å². The van der Waals surface area contributed by atoms with Crippen molar-refractivity contribution in [2.75, 3.05) is 18.0 Å². The van der Waals surface area contributed by atoms with Gasteiger partial charge in [-0.25, -0.2) is 14.4 Å². The summed E-state index contributed by atoms with van der Waals surface area (Å²) in [6.45, 7) is 3.64. The van der Waals surface area contributed by atoms with Crippen LogP contribution in [-0.4, -0.2) is 34.1 Å². The van der Waals surface area contributed by atoms with Crippen molar-refractivity contribution >= 4 is 26.7 Å². The van der Waals surface area contributed by atoms with Gasteiger partial charge in [0.15, 0.2) is 5.13 Å². The molecule has 1 fully saturated rings. The molecule has 1 saturated heterocycles. The van der Waals surface area contributed by atoms with E-state index in [4.69, 9.17) is 4.74 Å². The molecule has 0 aliphatic carbocycles. The molecule has 3 heterocycles. The number of aryl methyl sites for hydroxylation is 1. The third kappa shape index (κ3) is 3.17. The number of benzene rings is 1. The number of thiazole rings is 1. The van der Waals surface area contributed by atoms with Gasteiger partial charge in [0.2, 0.25) is 5.88 Å². The number of halogens is 1. The molecule has 0 bridgehead atoms. The van der Waals surface area contributed by atoms with E-state index in [2.05, 4.69) is 19.9 Å². The predicted octanol–water partition coefficient (Wildman–Crippen LogP) is 3.58. The van der Waals surface area contributed by atoms with Crippen LogP contribution in [0.15, 0.2) is 30.6 Å². The van der Waals surface area contributed by atoms with Gasteiger partial charge in [-0.2, -0.15) is 0 Å². The molecule has 0 unspecified atom stereocenters. The number of aromatic nitrogens is 3. The van der Waals surface area contributed by atoms with Crippen molar-refractivity contribution in [3.63, 3.8) is 0 Å². The van der Waals surface area contributed by atoms with Crippen molar-refractivity contribution in [1.29, 1.82) is 0 Å². The molecule has 5 nitrogen and oxygen atoms in total. The lowest BCUT2D eigenvalue weighted by molar-refractivity contribution is 0.163. The number of fused-ring (bicyclic) bond motifs is 1. The highest BCUT2D eigenvalue weighted by molar-refractivity contribution is 7.22. The largest absolute Gasteiger partial charge is 0.473 e. The molecule has 0 radical (unpaired) electrons. The van der Waals surface area contributed by atoms with E-state index in [0.29, 0.717) is 5.88 Å². The van der Waals surface area contributed by atoms with E-state index in [1.165, 1.54) is 17.4 Å². The zero-order chi connectivity index (χ0) is 16.5. The molecule has 0 amide bonds. The molecule has 0 saturated carbocycles. The number of nitrogens with zero attached hydrogens (tertiary/aromatic N) is 4. The number of anilines is 1. The summed E-state index contributed by atoms with van der Waals surface area (Å²) in [6, 6.07) is 4.73. The Balaban J connectivity index is 1.41. The van der Waals surface area contributed by atoms with Crippen molar-refractivity contribution < 1.29 is 9.13 Å². The van der Waals surface area contributed by atoms with Gasteiger partial charge in [-0.3, -0.25) is 4.98 Å². The second-order valence-corrected chi connectivity index (χ2v) is 6.92. The number of hydrogen-bond donors (Lipinski definition) is 0. The Bertz CT molecular complexity index is 861. The molecule has 2 aromatic heterocycles. The number of piperidine rings is 1. The summed E-state index contributed by atoms with van der Waals surface area (Å²) in [5, 5.41) is 0.949. The van der Waals surface area contributed by atoms with Crippen LogP contribution in [0.25, 0.3) is 10.2 Å². The third-order valence-corrected chi connectivity index (χ3v) is 5.15. The molecular weight excluding hydrogens is 327 g/mol. The van der Waals surface area contributed by atoms with Gasteiger partial charge < -0.3 is 9.64 Å². The minimum atomic E-state index is -0.218. The van der Waals surface area contributed by atoms with E-state index >= 15 is 0 Å². The highest BCUT2D eigenvalue weighted by atomic mass is 32.1. The van der Waals surface area contributed by atoms with E-state index in [1.807, 2.05) is 6.92 Å². The first kappa shape index (κ1) is 15.3. The minimum absolute atomic E-state index is 0.143. The summed E-state index contributed by atoms with van der Waals surface area (Å²) < 4.78 is 20.1. The Hall–Kier alpha value is -2.28. The lowest BCUT2D eigenvalue weighted by atomic mass is 10.1. The third-order valence-electron chi connectivity index (χ3n) is 4.07. The molecule has 124 valence electrons. The molecule has 1 aromatic carbocycles.